The van der Waals surface area contributed by atoms with E-state index < -0.39 is 0 Å². The highest BCUT2D eigenvalue weighted by Crippen LogP contribution is 2.12. The average Bonchev–Trinajstić information content (AvgIpc) is 2.30. The van der Waals surface area contributed by atoms with Gasteiger partial charge in [0.15, 0.2) is 0 Å². The number of hydrogen-bond donors (Lipinski definition) is 2. The fourth-order valence-corrected chi connectivity index (χ4v) is 1.38. The van der Waals surface area contributed by atoms with Crippen molar-refractivity contribution in [2.45, 2.75) is 13.0 Å². The first kappa shape index (κ1) is 13.2. The summed E-state index contributed by atoms with van der Waals surface area (Å²) >= 11 is 0. The highest BCUT2D eigenvalue weighted by molar-refractivity contribution is 5.78. The molecule has 0 radical (unpaired) electrons. The van der Waals surface area contributed by atoms with Gasteiger partial charge in [0, 0.05) is 0 Å². The smallest absolute Gasteiger partial charge is 0.234 e. The molecule has 4 heteroatoms. The largest absolute Gasteiger partial charge is 0.348 e. The van der Waals surface area contributed by atoms with Gasteiger partial charge in [-0.2, -0.15) is 0 Å². The standard InChI is InChI=1S/C13H15FN2O/c1-3-8-15-9-13(17)16-10(2)11-4-6-12(14)7-5-11/h1,4-7,10,15H,8-9H2,2H3,(H,16,17). The molecular formula is C13H15FN2O. The molecule has 1 unspecified atom stereocenters. The molecule has 17 heavy (non-hydrogen) atoms. The first-order valence-electron chi connectivity index (χ1n) is 5.32. The van der Waals surface area contributed by atoms with Crippen molar-refractivity contribution >= 4 is 5.91 Å². The number of benzene rings is 1. The highest BCUT2D eigenvalue weighted by Gasteiger charge is 2.08. The Kier molecular flexibility index (Phi) is 5.18. The van der Waals surface area contributed by atoms with Crippen LogP contribution in [0.2, 0.25) is 0 Å². The average molecular weight is 234 g/mol. The lowest BCUT2D eigenvalue weighted by molar-refractivity contribution is -0.120. The van der Waals surface area contributed by atoms with Crippen LogP contribution in [0, 0.1) is 18.2 Å². The van der Waals surface area contributed by atoms with Crippen LogP contribution < -0.4 is 10.6 Å². The predicted octanol–water partition coefficient (Wildman–Crippen LogP) is 1.23. The molecule has 0 aromatic heterocycles. The van der Waals surface area contributed by atoms with E-state index in [1.165, 1.54) is 12.1 Å². The molecule has 1 aromatic carbocycles. The summed E-state index contributed by atoms with van der Waals surface area (Å²) in [6.07, 6.45) is 5.04. The summed E-state index contributed by atoms with van der Waals surface area (Å²) < 4.78 is 12.7. The molecule has 0 spiro atoms. The molecule has 1 aromatic rings. The lowest BCUT2D eigenvalue weighted by atomic mass is 10.1. The van der Waals surface area contributed by atoms with E-state index in [1.807, 2.05) is 6.92 Å². The van der Waals surface area contributed by atoms with Gasteiger partial charge in [-0.05, 0) is 24.6 Å². The zero-order valence-corrected chi connectivity index (χ0v) is 9.66. The quantitative estimate of drug-likeness (QED) is 0.594. The van der Waals surface area contributed by atoms with Crippen molar-refractivity contribution in [2.24, 2.45) is 0 Å². The maximum absolute atomic E-state index is 12.7. The predicted molar refractivity (Wildman–Crippen MR) is 64.7 cm³/mol. The number of terminal acetylenes is 1. The van der Waals surface area contributed by atoms with Gasteiger partial charge in [-0.3, -0.25) is 10.1 Å². The molecule has 1 amide bonds. The van der Waals surface area contributed by atoms with E-state index in [4.69, 9.17) is 6.42 Å². The van der Waals surface area contributed by atoms with Gasteiger partial charge in [-0.15, -0.1) is 6.42 Å². The van der Waals surface area contributed by atoms with Gasteiger partial charge in [0.1, 0.15) is 5.82 Å². The summed E-state index contributed by atoms with van der Waals surface area (Å²) in [5.41, 5.74) is 0.858. The molecule has 3 nitrogen and oxygen atoms in total. The van der Waals surface area contributed by atoms with Gasteiger partial charge in [-0.1, -0.05) is 18.1 Å². The van der Waals surface area contributed by atoms with E-state index >= 15 is 0 Å². The Labute approximate surface area is 100 Å². The summed E-state index contributed by atoms with van der Waals surface area (Å²) in [4.78, 5) is 11.5. The van der Waals surface area contributed by atoms with Crippen LogP contribution in [0.1, 0.15) is 18.5 Å². The lowest BCUT2D eigenvalue weighted by Crippen LogP contribution is -2.35. The van der Waals surface area contributed by atoms with Gasteiger partial charge < -0.3 is 5.32 Å². The fourth-order valence-electron chi connectivity index (χ4n) is 1.38. The number of carbonyl (C=O) groups excluding carboxylic acids is 1. The fraction of sp³-hybridized carbons (Fsp3) is 0.308. The number of halogens is 1. The number of hydrogen-bond acceptors (Lipinski definition) is 2. The number of rotatable bonds is 5. The van der Waals surface area contributed by atoms with Gasteiger partial charge in [0.25, 0.3) is 0 Å². The van der Waals surface area contributed by atoms with E-state index in [2.05, 4.69) is 16.6 Å². The molecule has 2 N–H and O–H groups in total. The molecule has 1 atom stereocenters. The second-order valence-electron chi connectivity index (χ2n) is 3.65. The number of nitrogens with one attached hydrogen (secondary N) is 2. The highest BCUT2D eigenvalue weighted by atomic mass is 19.1. The third kappa shape index (κ3) is 4.66. The lowest BCUT2D eigenvalue weighted by Gasteiger charge is -2.14. The number of carbonyl (C=O) groups is 1. The zero-order valence-electron chi connectivity index (χ0n) is 9.66. The van der Waals surface area contributed by atoms with Gasteiger partial charge in [0.2, 0.25) is 5.91 Å². The van der Waals surface area contributed by atoms with E-state index in [1.54, 1.807) is 12.1 Å². The topological polar surface area (TPSA) is 41.1 Å². The second-order valence-corrected chi connectivity index (χ2v) is 3.65. The Morgan fingerprint density at radius 2 is 2.12 bits per heavy atom. The summed E-state index contributed by atoms with van der Waals surface area (Å²) in [5.74, 6) is 1.95. The van der Waals surface area contributed by atoms with Crippen LogP contribution in [-0.4, -0.2) is 19.0 Å². The van der Waals surface area contributed by atoms with Gasteiger partial charge >= 0.3 is 0 Å². The van der Waals surface area contributed by atoms with E-state index in [0.29, 0.717) is 6.54 Å². The van der Waals surface area contributed by atoms with Crippen LogP contribution >= 0.6 is 0 Å². The minimum atomic E-state index is -0.289. The number of amides is 1. The minimum absolute atomic E-state index is 0.142. The molecule has 0 aliphatic heterocycles. The van der Waals surface area contributed by atoms with E-state index in [0.717, 1.165) is 5.56 Å². The molecular weight excluding hydrogens is 219 g/mol. The van der Waals surface area contributed by atoms with Crippen LogP contribution in [0.5, 0.6) is 0 Å². The molecule has 90 valence electrons. The first-order valence-corrected chi connectivity index (χ1v) is 5.32. The Morgan fingerprint density at radius 1 is 1.47 bits per heavy atom. The normalized spacial score (nSPS) is 11.6. The maximum atomic E-state index is 12.7. The van der Waals surface area contributed by atoms with Crippen molar-refractivity contribution in [2.75, 3.05) is 13.1 Å². The zero-order chi connectivity index (χ0) is 12.7. The van der Waals surface area contributed by atoms with Crippen LogP contribution in [0.25, 0.3) is 0 Å². The van der Waals surface area contributed by atoms with Crippen LogP contribution in [-0.2, 0) is 4.79 Å². The second kappa shape index (κ2) is 6.66. The molecule has 0 heterocycles. The maximum Gasteiger partial charge on any atom is 0.234 e. The molecule has 0 bridgehead atoms. The molecule has 1 rings (SSSR count). The van der Waals surface area contributed by atoms with Crippen molar-refractivity contribution in [3.8, 4) is 12.3 Å². The van der Waals surface area contributed by atoms with Gasteiger partial charge in [0.05, 0.1) is 19.1 Å². The van der Waals surface area contributed by atoms with Crippen molar-refractivity contribution in [3.63, 3.8) is 0 Å². The van der Waals surface area contributed by atoms with E-state index in [9.17, 15) is 9.18 Å². The Bertz CT molecular complexity index is 408. The Balaban J connectivity index is 2.43. The van der Waals surface area contributed by atoms with Crippen molar-refractivity contribution in [1.29, 1.82) is 0 Å². The molecule has 0 aliphatic rings. The summed E-state index contributed by atoms with van der Waals surface area (Å²) in [7, 11) is 0. The SMILES string of the molecule is C#CCNCC(=O)NC(C)c1ccc(F)cc1. The summed E-state index contributed by atoms with van der Waals surface area (Å²) in [6, 6.07) is 5.88. The first-order chi connectivity index (χ1) is 8.13. The monoisotopic (exact) mass is 234 g/mol. The molecule has 0 saturated carbocycles. The minimum Gasteiger partial charge on any atom is -0.348 e. The Morgan fingerprint density at radius 3 is 2.71 bits per heavy atom. The van der Waals surface area contributed by atoms with Gasteiger partial charge in [-0.25, -0.2) is 4.39 Å². The molecule has 0 fully saturated rings. The van der Waals surface area contributed by atoms with E-state index in [-0.39, 0.29) is 24.3 Å². The third-order valence-corrected chi connectivity index (χ3v) is 2.26. The van der Waals surface area contributed by atoms with Crippen molar-refractivity contribution < 1.29 is 9.18 Å². The van der Waals surface area contributed by atoms with Crippen molar-refractivity contribution in [3.05, 3.63) is 35.6 Å². The van der Waals surface area contributed by atoms with Crippen LogP contribution in [0.3, 0.4) is 0 Å². The van der Waals surface area contributed by atoms with Crippen molar-refractivity contribution in [1.82, 2.24) is 10.6 Å². The van der Waals surface area contributed by atoms with Crippen LogP contribution in [0.15, 0.2) is 24.3 Å². The van der Waals surface area contributed by atoms with Crippen LogP contribution in [0.4, 0.5) is 4.39 Å². The Hall–Kier alpha value is -1.86. The summed E-state index contributed by atoms with van der Waals surface area (Å²) in [5, 5.41) is 5.57. The molecule has 0 saturated heterocycles. The third-order valence-electron chi connectivity index (χ3n) is 2.26. The molecule has 0 aliphatic carbocycles. The summed E-state index contributed by atoms with van der Waals surface area (Å²) in [6.45, 7) is 2.38.